The molecule has 1 aromatic heterocycles. The smallest absolute Gasteiger partial charge is 0.263 e. The van der Waals surface area contributed by atoms with Crippen molar-refractivity contribution in [3.8, 4) is 17.4 Å². The molecule has 3 aromatic rings. The Bertz CT molecular complexity index is 1060. The Labute approximate surface area is 187 Å². The van der Waals surface area contributed by atoms with Crippen LogP contribution in [0, 0.1) is 0 Å². The Hall–Kier alpha value is -3.49. The first-order chi connectivity index (χ1) is 14.9. The molecule has 0 aliphatic heterocycles. The predicted molar refractivity (Wildman–Crippen MR) is 117 cm³/mol. The van der Waals surface area contributed by atoms with E-state index in [0.717, 1.165) is 0 Å². The van der Waals surface area contributed by atoms with Gasteiger partial charge in [0.25, 0.3) is 11.8 Å². The number of carbonyl (C=O) groups is 2. The van der Waals surface area contributed by atoms with Gasteiger partial charge in [0.05, 0.1) is 0 Å². The van der Waals surface area contributed by atoms with Crippen LogP contribution in [-0.2, 0) is 9.59 Å². The summed E-state index contributed by atoms with van der Waals surface area (Å²) in [5.41, 5.74) is 0.0696. The summed E-state index contributed by atoms with van der Waals surface area (Å²) < 4.78 is 10.7. The van der Waals surface area contributed by atoms with Gasteiger partial charge in [0, 0.05) is 10.0 Å². The average Bonchev–Trinajstić information content (AvgIpc) is 2.75. The van der Waals surface area contributed by atoms with Crippen LogP contribution in [-0.4, -0.2) is 35.1 Å². The van der Waals surface area contributed by atoms with Gasteiger partial charge in [0.1, 0.15) is 23.0 Å². The zero-order chi connectivity index (χ0) is 22.2. The van der Waals surface area contributed by atoms with E-state index in [1.54, 1.807) is 48.5 Å². The number of hydrogen-bond donors (Lipinski definition) is 3. The molecule has 0 aliphatic carbocycles. The number of pyridine rings is 1. The zero-order valence-electron chi connectivity index (χ0n) is 16.0. The number of anilines is 2. The number of ether oxygens (including phenoxy) is 2. The fraction of sp³-hybridized carbons (Fsp3) is 0.0952. The molecule has 0 spiro atoms. The van der Waals surface area contributed by atoms with Crippen LogP contribution in [0.5, 0.6) is 17.4 Å². The highest BCUT2D eigenvalue weighted by Crippen LogP contribution is 2.23. The number of aromatic hydroxyl groups is 1. The summed E-state index contributed by atoms with van der Waals surface area (Å²) in [6.07, 6.45) is 0. The van der Waals surface area contributed by atoms with Crippen LogP contribution in [0.1, 0.15) is 0 Å². The summed E-state index contributed by atoms with van der Waals surface area (Å²) in [6.45, 7) is -0.536. The Morgan fingerprint density at radius 2 is 1.26 bits per heavy atom. The van der Waals surface area contributed by atoms with Crippen molar-refractivity contribution in [1.82, 2.24) is 4.98 Å². The van der Waals surface area contributed by atoms with Crippen LogP contribution in [0.2, 0.25) is 10.0 Å². The lowest BCUT2D eigenvalue weighted by Crippen LogP contribution is -2.22. The number of hydrogen-bond acceptors (Lipinski definition) is 6. The molecule has 0 saturated carbocycles. The fourth-order valence-electron chi connectivity index (χ4n) is 2.34. The summed E-state index contributed by atoms with van der Waals surface area (Å²) in [7, 11) is 0. The van der Waals surface area contributed by atoms with E-state index >= 15 is 0 Å². The molecular weight excluding hydrogens is 445 g/mol. The van der Waals surface area contributed by atoms with Gasteiger partial charge in [-0.3, -0.25) is 9.59 Å². The van der Waals surface area contributed by atoms with E-state index in [9.17, 15) is 14.7 Å². The highest BCUT2D eigenvalue weighted by atomic mass is 35.5. The van der Waals surface area contributed by atoms with Crippen molar-refractivity contribution in [3.63, 3.8) is 0 Å². The van der Waals surface area contributed by atoms with Gasteiger partial charge in [-0.2, -0.15) is 4.98 Å². The van der Waals surface area contributed by atoms with Gasteiger partial charge < -0.3 is 25.2 Å². The van der Waals surface area contributed by atoms with E-state index in [1.165, 1.54) is 12.1 Å². The third kappa shape index (κ3) is 7.06. The van der Waals surface area contributed by atoms with Crippen LogP contribution in [0.4, 0.5) is 11.5 Å². The van der Waals surface area contributed by atoms with Crippen molar-refractivity contribution in [2.45, 2.75) is 0 Å². The molecule has 2 aromatic carbocycles. The molecule has 8 nitrogen and oxygen atoms in total. The van der Waals surface area contributed by atoms with E-state index < -0.39 is 17.7 Å². The Kier molecular flexibility index (Phi) is 7.53. The molecule has 0 unspecified atom stereocenters. The maximum atomic E-state index is 12.0. The molecule has 0 aliphatic rings. The molecule has 0 atom stereocenters. The van der Waals surface area contributed by atoms with Crippen LogP contribution >= 0.6 is 23.2 Å². The third-order valence-electron chi connectivity index (χ3n) is 3.78. The number of halogens is 2. The van der Waals surface area contributed by atoms with E-state index in [0.29, 0.717) is 21.5 Å². The van der Waals surface area contributed by atoms with Crippen LogP contribution < -0.4 is 20.1 Å². The van der Waals surface area contributed by atoms with Gasteiger partial charge in [-0.1, -0.05) is 23.2 Å². The van der Waals surface area contributed by atoms with Gasteiger partial charge in [0.15, 0.2) is 13.2 Å². The second kappa shape index (κ2) is 10.5. The first kappa shape index (κ1) is 22.2. The molecule has 0 bridgehead atoms. The van der Waals surface area contributed by atoms with E-state index in [1.807, 2.05) is 0 Å². The Morgan fingerprint density at radius 1 is 0.774 bits per heavy atom. The Morgan fingerprint density at radius 3 is 1.74 bits per heavy atom. The predicted octanol–water partition coefficient (Wildman–Crippen LogP) is 4.13. The number of rotatable bonds is 8. The lowest BCUT2D eigenvalue weighted by Gasteiger charge is -2.10. The average molecular weight is 462 g/mol. The van der Waals surface area contributed by atoms with E-state index in [2.05, 4.69) is 15.6 Å². The largest absolute Gasteiger partial charge is 0.492 e. The van der Waals surface area contributed by atoms with Crippen molar-refractivity contribution in [3.05, 3.63) is 70.7 Å². The first-order valence-corrected chi connectivity index (χ1v) is 9.71. The minimum absolute atomic E-state index is 0.0696. The van der Waals surface area contributed by atoms with Gasteiger partial charge in [0.2, 0.25) is 5.88 Å². The lowest BCUT2D eigenvalue weighted by molar-refractivity contribution is -0.118. The molecule has 0 radical (unpaired) electrons. The molecule has 3 N–H and O–H groups in total. The molecule has 10 heteroatoms. The summed E-state index contributed by atoms with van der Waals surface area (Å²) in [5.74, 6) is -0.390. The van der Waals surface area contributed by atoms with Gasteiger partial charge >= 0.3 is 0 Å². The SMILES string of the molecule is O=C(COc1ccc(Cl)cc1)Nc1ccc(NC(=O)COc2ccc(Cl)cc2)c(O)n1. The second-order valence-corrected chi connectivity index (χ2v) is 7.02. The number of amides is 2. The van der Waals surface area contributed by atoms with Crippen molar-refractivity contribution in [2.75, 3.05) is 23.8 Å². The van der Waals surface area contributed by atoms with Crippen molar-refractivity contribution < 1.29 is 24.2 Å². The van der Waals surface area contributed by atoms with Gasteiger partial charge in [-0.15, -0.1) is 0 Å². The molecule has 0 saturated heterocycles. The molecular formula is C21H17Cl2N3O5. The van der Waals surface area contributed by atoms with Crippen LogP contribution in [0.15, 0.2) is 60.7 Å². The molecule has 3 rings (SSSR count). The Balaban J connectivity index is 1.48. The minimum atomic E-state index is -0.500. The number of carbonyl (C=O) groups excluding carboxylic acids is 2. The van der Waals surface area contributed by atoms with E-state index in [4.69, 9.17) is 32.7 Å². The standard InChI is InChI=1S/C21H17Cl2N3O5/c22-13-1-5-15(6-2-13)30-11-19(27)24-17-9-10-18(26-21(17)29)25-20(28)12-31-16-7-3-14(23)4-8-16/h1-10H,11-12H2,(H,24,27)(H2,25,26,28,29). The number of nitrogens with zero attached hydrogens (tertiary/aromatic N) is 1. The fourth-order valence-corrected chi connectivity index (χ4v) is 2.59. The second-order valence-electron chi connectivity index (χ2n) is 6.15. The van der Waals surface area contributed by atoms with E-state index in [-0.39, 0.29) is 24.7 Å². The molecule has 1 heterocycles. The lowest BCUT2D eigenvalue weighted by atomic mass is 10.3. The normalized spacial score (nSPS) is 10.3. The summed E-state index contributed by atoms with van der Waals surface area (Å²) in [6, 6.07) is 15.9. The minimum Gasteiger partial charge on any atom is -0.492 e. The van der Waals surface area contributed by atoms with Crippen LogP contribution in [0.3, 0.4) is 0 Å². The topological polar surface area (TPSA) is 110 Å². The maximum Gasteiger partial charge on any atom is 0.263 e. The third-order valence-corrected chi connectivity index (χ3v) is 4.29. The quantitative estimate of drug-likeness (QED) is 0.465. The summed E-state index contributed by atoms with van der Waals surface area (Å²) in [4.78, 5) is 27.8. The van der Waals surface area contributed by atoms with Crippen molar-refractivity contribution >= 4 is 46.5 Å². The maximum absolute atomic E-state index is 12.0. The van der Waals surface area contributed by atoms with Crippen molar-refractivity contribution in [1.29, 1.82) is 0 Å². The zero-order valence-corrected chi connectivity index (χ0v) is 17.5. The molecule has 2 amide bonds. The first-order valence-electron chi connectivity index (χ1n) is 8.95. The summed E-state index contributed by atoms with van der Waals surface area (Å²) >= 11 is 11.6. The van der Waals surface area contributed by atoms with Crippen molar-refractivity contribution in [2.24, 2.45) is 0 Å². The molecule has 160 valence electrons. The number of benzene rings is 2. The van der Waals surface area contributed by atoms with Crippen LogP contribution in [0.25, 0.3) is 0 Å². The molecule has 31 heavy (non-hydrogen) atoms. The highest BCUT2D eigenvalue weighted by molar-refractivity contribution is 6.30. The monoisotopic (exact) mass is 461 g/mol. The number of nitrogens with one attached hydrogen (secondary N) is 2. The van der Waals surface area contributed by atoms with Gasteiger partial charge in [-0.25, -0.2) is 0 Å². The molecule has 0 fully saturated rings. The summed E-state index contributed by atoms with van der Waals surface area (Å²) in [5, 5.41) is 16.1. The van der Waals surface area contributed by atoms with Gasteiger partial charge in [-0.05, 0) is 60.7 Å². The number of aromatic nitrogens is 1. The highest BCUT2D eigenvalue weighted by Gasteiger charge is 2.11.